The third-order valence-corrected chi connectivity index (χ3v) is 4.23. The van der Waals surface area contributed by atoms with Crippen LogP contribution in [0, 0.1) is 10.1 Å². The lowest BCUT2D eigenvalue weighted by Crippen LogP contribution is -2.19. The Morgan fingerprint density at radius 3 is 2.81 bits per heavy atom. The van der Waals surface area contributed by atoms with E-state index < -0.39 is 10.8 Å². The maximum absolute atomic E-state index is 12.4. The van der Waals surface area contributed by atoms with E-state index in [1.165, 1.54) is 15.7 Å². The van der Waals surface area contributed by atoms with Gasteiger partial charge in [0.1, 0.15) is 12.5 Å². The molecule has 0 saturated heterocycles. The van der Waals surface area contributed by atoms with E-state index in [0.717, 1.165) is 11.8 Å². The maximum Gasteiger partial charge on any atom is 0.320 e. The minimum Gasteiger partial charge on any atom is -0.288 e. The SMILES string of the molecule is CCn1ncc([N+](=O)[O-])c1C(=O)Nc1ncn(Cc2ccc(Cl)cc2Cl)n1. The van der Waals surface area contributed by atoms with Crippen LogP contribution in [0.1, 0.15) is 23.0 Å². The van der Waals surface area contributed by atoms with Crippen molar-refractivity contribution >= 4 is 40.7 Å². The van der Waals surface area contributed by atoms with Gasteiger partial charge in [-0.15, -0.1) is 5.10 Å². The minimum absolute atomic E-state index is 0.00300. The van der Waals surface area contributed by atoms with Crippen molar-refractivity contribution in [1.29, 1.82) is 0 Å². The van der Waals surface area contributed by atoms with Crippen LogP contribution in [0.5, 0.6) is 0 Å². The molecule has 0 aliphatic carbocycles. The topological polar surface area (TPSA) is 121 Å². The van der Waals surface area contributed by atoms with Gasteiger partial charge < -0.3 is 0 Å². The predicted molar refractivity (Wildman–Crippen MR) is 98.1 cm³/mol. The number of amides is 1. The second kappa shape index (κ2) is 7.72. The van der Waals surface area contributed by atoms with Gasteiger partial charge in [-0.1, -0.05) is 29.3 Å². The molecular formula is C15H13Cl2N7O3. The molecule has 3 aromatic rings. The Kier molecular flexibility index (Phi) is 5.38. The fraction of sp³-hybridized carbons (Fsp3) is 0.200. The van der Waals surface area contributed by atoms with E-state index in [0.29, 0.717) is 23.1 Å². The maximum atomic E-state index is 12.4. The molecule has 140 valence electrons. The summed E-state index contributed by atoms with van der Waals surface area (Å²) in [6, 6.07) is 5.07. The Morgan fingerprint density at radius 1 is 1.37 bits per heavy atom. The number of nitrogens with zero attached hydrogens (tertiary/aromatic N) is 6. The molecule has 1 N–H and O–H groups in total. The number of rotatable bonds is 6. The summed E-state index contributed by atoms with van der Waals surface area (Å²) in [7, 11) is 0. The third kappa shape index (κ3) is 4.07. The van der Waals surface area contributed by atoms with Crippen molar-refractivity contribution in [1.82, 2.24) is 24.5 Å². The second-order valence-electron chi connectivity index (χ2n) is 5.41. The Bertz CT molecular complexity index is 1010. The average Bonchev–Trinajstić information content (AvgIpc) is 3.23. The first kappa shape index (κ1) is 18.8. The lowest BCUT2D eigenvalue weighted by atomic mass is 10.2. The molecule has 3 rings (SSSR count). The number of halogens is 2. The average molecular weight is 410 g/mol. The predicted octanol–water partition coefficient (Wildman–Crippen LogP) is 3.01. The molecule has 10 nitrogen and oxygen atoms in total. The summed E-state index contributed by atoms with van der Waals surface area (Å²) in [4.78, 5) is 26.9. The lowest BCUT2D eigenvalue weighted by Gasteiger charge is -2.05. The van der Waals surface area contributed by atoms with Crippen molar-refractivity contribution in [2.45, 2.75) is 20.0 Å². The highest BCUT2D eigenvalue weighted by Crippen LogP contribution is 2.22. The second-order valence-corrected chi connectivity index (χ2v) is 6.25. The summed E-state index contributed by atoms with van der Waals surface area (Å²) in [6.45, 7) is 2.33. The monoisotopic (exact) mass is 409 g/mol. The van der Waals surface area contributed by atoms with Gasteiger partial charge in [0.25, 0.3) is 5.91 Å². The van der Waals surface area contributed by atoms with E-state index in [4.69, 9.17) is 23.2 Å². The summed E-state index contributed by atoms with van der Waals surface area (Å²) in [6.07, 6.45) is 2.44. The van der Waals surface area contributed by atoms with Gasteiger partial charge in [-0.3, -0.25) is 24.9 Å². The van der Waals surface area contributed by atoms with Crippen LogP contribution in [0.2, 0.25) is 10.0 Å². The highest BCUT2D eigenvalue weighted by Gasteiger charge is 2.27. The van der Waals surface area contributed by atoms with Crippen LogP contribution in [-0.2, 0) is 13.1 Å². The fourth-order valence-electron chi connectivity index (χ4n) is 2.40. The molecule has 0 radical (unpaired) electrons. The number of aromatic nitrogens is 5. The Morgan fingerprint density at radius 2 is 2.15 bits per heavy atom. The first-order valence-corrected chi connectivity index (χ1v) is 8.49. The molecule has 0 saturated carbocycles. The zero-order chi connectivity index (χ0) is 19.6. The normalized spacial score (nSPS) is 10.8. The lowest BCUT2D eigenvalue weighted by molar-refractivity contribution is -0.385. The van der Waals surface area contributed by atoms with Crippen molar-refractivity contribution in [3.8, 4) is 0 Å². The molecule has 27 heavy (non-hydrogen) atoms. The van der Waals surface area contributed by atoms with Gasteiger partial charge in [0, 0.05) is 16.6 Å². The number of carbonyl (C=O) groups is 1. The van der Waals surface area contributed by atoms with Gasteiger partial charge in [0.2, 0.25) is 11.6 Å². The van der Waals surface area contributed by atoms with Crippen LogP contribution in [0.15, 0.2) is 30.7 Å². The minimum atomic E-state index is -0.719. The van der Waals surface area contributed by atoms with Gasteiger partial charge >= 0.3 is 5.69 Å². The molecule has 0 unspecified atom stereocenters. The highest BCUT2D eigenvalue weighted by atomic mass is 35.5. The summed E-state index contributed by atoms with van der Waals surface area (Å²) < 4.78 is 2.70. The van der Waals surface area contributed by atoms with Crippen molar-refractivity contribution in [2.75, 3.05) is 5.32 Å². The van der Waals surface area contributed by atoms with Crippen molar-refractivity contribution in [3.05, 3.63) is 62.1 Å². The number of hydrogen-bond acceptors (Lipinski definition) is 6. The van der Waals surface area contributed by atoms with Gasteiger partial charge in [-0.25, -0.2) is 9.67 Å². The summed E-state index contributed by atoms with van der Waals surface area (Å²) >= 11 is 12.0. The smallest absolute Gasteiger partial charge is 0.288 e. The summed E-state index contributed by atoms with van der Waals surface area (Å²) in [5.41, 5.74) is 0.213. The molecule has 0 aliphatic heterocycles. The van der Waals surface area contributed by atoms with E-state index in [-0.39, 0.29) is 17.3 Å². The molecule has 0 atom stereocenters. The van der Waals surface area contributed by atoms with Crippen molar-refractivity contribution < 1.29 is 9.72 Å². The number of nitro groups is 1. The number of anilines is 1. The van der Waals surface area contributed by atoms with E-state index in [1.54, 1.807) is 25.1 Å². The number of aryl methyl sites for hydroxylation is 1. The molecule has 0 aliphatic rings. The van der Waals surface area contributed by atoms with Crippen molar-refractivity contribution in [2.24, 2.45) is 0 Å². The molecule has 0 fully saturated rings. The molecule has 1 aromatic carbocycles. The first-order valence-electron chi connectivity index (χ1n) is 7.74. The van der Waals surface area contributed by atoms with Gasteiger partial charge in [0.15, 0.2) is 0 Å². The number of carbonyl (C=O) groups excluding carboxylic acids is 1. The van der Waals surface area contributed by atoms with Gasteiger partial charge in [-0.2, -0.15) is 5.10 Å². The molecule has 12 heteroatoms. The number of nitrogens with one attached hydrogen (secondary N) is 1. The van der Waals surface area contributed by atoms with Crippen LogP contribution in [0.4, 0.5) is 11.6 Å². The third-order valence-electron chi connectivity index (χ3n) is 3.64. The Labute approximate surface area is 162 Å². The quantitative estimate of drug-likeness (QED) is 0.493. The van der Waals surface area contributed by atoms with Crippen LogP contribution >= 0.6 is 23.2 Å². The molecule has 0 bridgehead atoms. The molecular weight excluding hydrogens is 397 g/mol. The summed E-state index contributed by atoms with van der Waals surface area (Å²) in [5.74, 6) is -0.716. The Hall–Kier alpha value is -2.98. The van der Waals surface area contributed by atoms with Crippen LogP contribution in [0.25, 0.3) is 0 Å². The Balaban J connectivity index is 1.77. The van der Waals surface area contributed by atoms with Crippen LogP contribution in [-0.4, -0.2) is 35.4 Å². The van der Waals surface area contributed by atoms with E-state index in [2.05, 4.69) is 20.5 Å². The zero-order valence-electron chi connectivity index (χ0n) is 14.0. The molecule has 2 aromatic heterocycles. The van der Waals surface area contributed by atoms with Gasteiger partial charge in [-0.05, 0) is 24.6 Å². The highest BCUT2D eigenvalue weighted by molar-refractivity contribution is 6.35. The van der Waals surface area contributed by atoms with Crippen LogP contribution < -0.4 is 5.32 Å². The molecule has 1 amide bonds. The number of hydrogen-bond donors (Lipinski definition) is 1. The van der Waals surface area contributed by atoms with E-state index >= 15 is 0 Å². The standard InChI is InChI=1S/C15H13Cl2N7O3/c1-2-23-13(12(6-19-23)24(26)27)14(25)20-15-18-8-22(21-15)7-9-3-4-10(16)5-11(9)17/h3-6,8H,2,7H2,1H3,(H,20,21,25). The van der Waals surface area contributed by atoms with Gasteiger partial charge in [0.05, 0.1) is 11.5 Å². The first-order chi connectivity index (χ1) is 12.9. The van der Waals surface area contributed by atoms with E-state index in [9.17, 15) is 14.9 Å². The largest absolute Gasteiger partial charge is 0.320 e. The summed E-state index contributed by atoms with van der Waals surface area (Å²) in [5, 5.41) is 22.5. The van der Waals surface area contributed by atoms with E-state index in [1.807, 2.05) is 0 Å². The zero-order valence-corrected chi connectivity index (χ0v) is 15.5. The van der Waals surface area contributed by atoms with Crippen molar-refractivity contribution in [3.63, 3.8) is 0 Å². The molecule has 0 spiro atoms. The molecule has 2 heterocycles. The fourth-order valence-corrected chi connectivity index (χ4v) is 2.86. The number of benzene rings is 1. The van der Waals surface area contributed by atoms with Crippen LogP contribution in [0.3, 0.4) is 0 Å².